The van der Waals surface area contributed by atoms with Crippen molar-refractivity contribution in [1.82, 2.24) is 5.32 Å². The minimum absolute atomic E-state index is 0.0868. The number of halogens is 1. The number of nitrogens with zero attached hydrogens (tertiary/aromatic N) is 1. The SMILES string of the molecule is O=C(NCc1ccccc1Cl)c1cc2c(cc1[N+](=O)[O-])OCCO2. The lowest BCUT2D eigenvalue weighted by molar-refractivity contribution is -0.385. The lowest BCUT2D eigenvalue weighted by atomic mass is 10.1. The van der Waals surface area contributed by atoms with E-state index < -0.39 is 10.8 Å². The summed E-state index contributed by atoms with van der Waals surface area (Å²) in [7, 11) is 0. The third kappa shape index (κ3) is 3.26. The fourth-order valence-electron chi connectivity index (χ4n) is 2.32. The summed E-state index contributed by atoms with van der Waals surface area (Å²) in [6, 6.07) is 9.57. The first-order valence-electron chi connectivity index (χ1n) is 7.16. The number of ether oxygens (including phenoxy) is 2. The van der Waals surface area contributed by atoms with Crippen LogP contribution in [0.5, 0.6) is 11.5 Å². The molecule has 0 unspecified atom stereocenters. The lowest BCUT2D eigenvalue weighted by Crippen LogP contribution is -2.24. The molecule has 3 rings (SSSR count). The molecule has 1 aliphatic rings. The van der Waals surface area contributed by atoms with Crippen LogP contribution in [0.2, 0.25) is 5.02 Å². The number of benzene rings is 2. The van der Waals surface area contributed by atoms with Gasteiger partial charge in [-0.3, -0.25) is 14.9 Å². The molecule has 1 amide bonds. The van der Waals surface area contributed by atoms with Gasteiger partial charge in [0.2, 0.25) is 0 Å². The zero-order valence-electron chi connectivity index (χ0n) is 12.5. The van der Waals surface area contributed by atoms with Crippen LogP contribution >= 0.6 is 11.6 Å². The summed E-state index contributed by atoms with van der Waals surface area (Å²) < 4.78 is 10.7. The maximum Gasteiger partial charge on any atom is 0.286 e. The van der Waals surface area contributed by atoms with Crippen LogP contribution in [0.3, 0.4) is 0 Å². The number of rotatable bonds is 4. The van der Waals surface area contributed by atoms with E-state index in [-0.39, 0.29) is 23.5 Å². The van der Waals surface area contributed by atoms with Crippen LogP contribution in [0.15, 0.2) is 36.4 Å². The highest BCUT2D eigenvalue weighted by Crippen LogP contribution is 2.36. The molecule has 8 heteroatoms. The number of hydrogen-bond acceptors (Lipinski definition) is 5. The van der Waals surface area contributed by atoms with Crippen LogP contribution in [0.4, 0.5) is 5.69 Å². The molecule has 7 nitrogen and oxygen atoms in total. The number of nitro groups is 1. The molecule has 0 aromatic heterocycles. The second-order valence-electron chi connectivity index (χ2n) is 5.04. The van der Waals surface area contributed by atoms with Gasteiger partial charge < -0.3 is 14.8 Å². The summed E-state index contributed by atoms with van der Waals surface area (Å²) in [6.45, 7) is 0.789. The van der Waals surface area contributed by atoms with Crippen molar-refractivity contribution < 1.29 is 19.2 Å². The van der Waals surface area contributed by atoms with Gasteiger partial charge in [0, 0.05) is 17.6 Å². The summed E-state index contributed by atoms with van der Waals surface area (Å²) in [5.74, 6) is -0.0102. The fourth-order valence-corrected chi connectivity index (χ4v) is 2.53. The molecule has 0 radical (unpaired) electrons. The Hall–Kier alpha value is -2.80. The number of amides is 1. The number of nitrogens with one attached hydrogen (secondary N) is 1. The molecule has 2 aromatic rings. The van der Waals surface area contributed by atoms with Gasteiger partial charge in [0.1, 0.15) is 18.8 Å². The molecule has 1 N–H and O–H groups in total. The van der Waals surface area contributed by atoms with Gasteiger partial charge in [0.25, 0.3) is 11.6 Å². The fraction of sp³-hybridized carbons (Fsp3) is 0.188. The first-order chi connectivity index (χ1) is 11.6. The van der Waals surface area contributed by atoms with Crippen LogP contribution < -0.4 is 14.8 Å². The van der Waals surface area contributed by atoms with Crippen LogP contribution in [-0.4, -0.2) is 24.0 Å². The van der Waals surface area contributed by atoms with E-state index >= 15 is 0 Å². The number of hydrogen-bond donors (Lipinski definition) is 1. The Bertz CT molecular complexity index is 809. The van der Waals surface area contributed by atoms with Gasteiger partial charge in [0.05, 0.1) is 11.0 Å². The lowest BCUT2D eigenvalue weighted by Gasteiger charge is -2.19. The number of carbonyl (C=O) groups is 1. The average molecular weight is 349 g/mol. The second kappa shape index (κ2) is 6.76. The Labute approximate surface area is 142 Å². The molecule has 0 spiro atoms. The summed E-state index contributed by atoms with van der Waals surface area (Å²) >= 11 is 6.03. The number of carbonyl (C=O) groups excluding carboxylic acids is 1. The Balaban J connectivity index is 1.86. The van der Waals surface area contributed by atoms with Gasteiger partial charge in [-0.2, -0.15) is 0 Å². The van der Waals surface area contributed by atoms with Gasteiger partial charge in [-0.05, 0) is 11.6 Å². The summed E-state index contributed by atoms with van der Waals surface area (Å²) in [4.78, 5) is 23.0. The quantitative estimate of drug-likeness (QED) is 0.677. The summed E-state index contributed by atoms with van der Waals surface area (Å²) in [5, 5.41) is 14.4. The highest BCUT2D eigenvalue weighted by atomic mass is 35.5. The van der Waals surface area contributed by atoms with Crippen LogP contribution in [0, 0.1) is 10.1 Å². The van der Waals surface area contributed by atoms with Gasteiger partial charge in [-0.1, -0.05) is 29.8 Å². The third-order valence-electron chi connectivity index (χ3n) is 3.50. The van der Waals surface area contributed by atoms with Gasteiger partial charge >= 0.3 is 0 Å². The van der Waals surface area contributed by atoms with E-state index in [0.29, 0.717) is 29.5 Å². The zero-order chi connectivity index (χ0) is 17.1. The Morgan fingerprint density at radius 1 is 1.21 bits per heavy atom. The van der Waals surface area contributed by atoms with E-state index in [9.17, 15) is 14.9 Å². The van der Waals surface area contributed by atoms with Crippen LogP contribution in [0.1, 0.15) is 15.9 Å². The molecule has 0 bridgehead atoms. The molecule has 24 heavy (non-hydrogen) atoms. The van der Waals surface area contributed by atoms with E-state index in [1.807, 2.05) is 0 Å². The first kappa shape index (κ1) is 16.1. The van der Waals surface area contributed by atoms with E-state index in [1.165, 1.54) is 12.1 Å². The minimum atomic E-state index is -0.622. The third-order valence-corrected chi connectivity index (χ3v) is 3.87. The molecular weight excluding hydrogens is 336 g/mol. The van der Waals surface area contributed by atoms with Crippen molar-refractivity contribution in [3.8, 4) is 11.5 Å². The maximum absolute atomic E-state index is 12.4. The number of fused-ring (bicyclic) bond motifs is 1. The second-order valence-corrected chi connectivity index (χ2v) is 5.45. The minimum Gasteiger partial charge on any atom is -0.486 e. The smallest absolute Gasteiger partial charge is 0.286 e. The van der Waals surface area contributed by atoms with E-state index in [0.717, 1.165) is 0 Å². The van der Waals surface area contributed by atoms with Crippen molar-refractivity contribution in [2.24, 2.45) is 0 Å². The molecule has 0 saturated carbocycles. The van der Waals surface area contributed by atoms with Crippen molar-refractivity contribution >= 4 is 23.2 Å². The van der Waals surface area contributed by atoms with E-state index in [1.54, 1.807) is 24.3 Å². The molecule has 0 atom stereocenters. The summed E-state index contributed by atoms with van der Waals surface area (Å²) in [5.41, 5.74) is 0.292. The van der Waals surface area contributed by atoms with E-state index in [4.69, 9.17) is 21.1 Å². The van der Waals surface area contributed by atoms with Crippen molar-refractivity contribution in [1.29, 1.82) is 0 Å². The Kier molecular flexibility index (Phi) is 4.52. The standard InChI is InChI=1S/C16H13ClN2O5/c17-12-4-2-1-3-10(12)9-18-16(20)11-7-14-15(24-6-5-23-14)8-13(11)19(21)22/h1-4,7-8H,5-6,9H2,(H,18,20). The Morgan fingerprint density at radius 2 is 1.88 bits per heavy atom. The molecule has 1 heterocycles. The molecule has 0 saturated heterocycles. The molecule has 0 fully saturated rings. The zero-order valence-corrected chi connectivity index (χ0v) is 13.2. The highest BCUT2D eigenvalue weighted by molar-refractivity contribution is 6.31. The predicted octanol–water partition coefficient (Wildman–Crippen LogP) is 2.95. The Morgan fingerprint density at radius 3 is 2.54 bits per heavy atom. The van der Waals surface area contributed by atoms with E-state index in [2.05, 4.69) is 5.32 Å². The molecular formula is C16H13ClN2O5. The van der Waals surface area contributed by atoms with Crippen LogP contribution in [-0.2, 0) is 6.54 Å². The molecule has 1 aliphatic heterocycles. The van der Waals surface area contributed by atoms with Crippen molar-refractivity contribution in [2.45, 2.75) is 6.54 Å². The predicted molar refractivity (Wildman–Crippen MR) is 86.7 cm³/mol. The monoisotopic (exact) mass is 348 g/mol. The summed E-state index contributed by atoms with van der Waals surface area (Å²) in [6.07, 6.45) is 0. The van der Waals surface area contributed by atoms with Gasteiger partial charge in [0.15, 0.2) is 11.5 Å². The molecule has 124 valence electrons. The maximum atomic E-state index is 12.4. The first-order valence-corrected chi connectivity index (χ1v) is 7.53. The average Bonchev–Trinajstić information content (AvgIpc) is 2.59. The van der Waals surface area contributed by atoms with Crippen molar-refractivity contribution in [2.75, 3.05) is 13.2 Å². The van der Waals surface area contributed by atoms with Gasteiger partial charge in [-0.25, -0.2) is 0 Å². The number of nitro benzene ring substituents is 1. The largest absolute Gasteiger partial charge is 0.486 e. The topological polar surface area (TPSA) is 90.7 Å². The van der Waals surface area contributed by atoms with Gasteiger partial charge in [-0.15, -0.1) is 0 Å². The molecule has 0 aliphatic carbocycles. The van der Waals surface area contributed by atoms with Crippen molar-refractivity contribution in [3.63, 3.8) is 0 Å². The van der Waals surface area contributed by atoms with Crippen molar-refractivity contribution in [3.05, 3.63) is 62.7 Å². The highest BCUT2D eigenvalue weighted by Gasteiger charge is 2.26. The molecule has 2 aromatic carbocycles. The normalized spacial score (nSPS) is 12.5. The van der Waals surface area contributed by atoms with Crippen LogP contribution in [0.25, 0.3) is 0 Å².